The highest BCUT2D eigenvalue weighted by molar-refractivity contribution is 5.74. The molecule has 0 aliphatic heterocycles. The first-order valence-corrected chi connectivity index (χ1v) is 8.73. The van der Waals surface area contributed by atoms with Gasteiger partial charge >= 0.3 is 0 Å². The van der Waals surface area contributed by atoms with Gasteiger partial charge in [-0.05, 0) is 30.4 Å². The number of nitrogen functional groups attached to an aromatic ring is 1. The predicted molar refractivity (Wildman–Crippen MR) is 102 cm³/mol. The van der Waals surface area contributed by atoms with Gasteiger partial charge in [0.05, 0.1) is 11.7 Å². The minimum absolute atomic E-state index is 0.116. The summed E-state index contributed by atoms with van der Waals surface area (Å²) in [4.78, 5) is 8.65. The van der Waals surface area contributed by atoms with Gasteiger partial charge in [-0.3, -0.25) is 0 Å². The number of hydrogen-bond donors (Lipinski definition) is 2. The second-order valence-electron chi connectivity index (χ2n) is 6.42. The number of rotatable bonds is 3. The third-order valence-electron chi connectivity index (χ3n) is 4.77. The van der Waals surface area contributed by atoms with E-state index < -0.39 is 0 Å². The molecule has 0 radical (unpaired) electrons. The molecule has 0 amide bonds. The molecule has 1 atom stereocenters. The Labute approximate surface area is 152 Å². The Balaban J connectivity index is 1.77. The average Bonchev–Trinajstić information content (AvgIpc) is 2.68. The summed E-state index contributed by atoms with van der Waals surface area (Å²) < 4.78 is 0. The smallest absolute Gasteiger partial charge is 0.222 e. The highest BCUT2D eigenvalue weighted by Crippen LogP contribution is 2.34. The van der Waals surface area contributed by atoms with Crippen molar-refractivity contribution in [1.82, 2.24) is 9.97 Å². The first-order valence-electron chi connectivity index (χ1n) is 8.73. The van der Waals surface area contributed by atoms with E-state index in [0.29, 0.717) is 17.1 Å². The molecule has 0 saturated carbocycles. The molecule has 3 N–H and O–H groups in total. The zero-order valence-corrected chi connectivity index (χ0v) is 14.3. The fourth-order valence-corrected chi connectivity index (χ4v) is 3.56. The molecule has 0 unspecified atom stereocenters. The van der Waals surface area contributed by atoms with Gasteiger partial charge < -0.3 is 11.1 Å². The first kappa shape index (κ1) is 16.1. The minimum atomic E-state index is 0.116. The molecule has 5 nitrogen and oxygen atoms in total. The Hall–Kier alpha value is -3.39. The molecule has 5 heteroatoms. The SMILES string of the molecule is N#Cc1c(N[C@@H]2CCCc3ccccc32)nc(N)nc1-c1ccccc1. The molecular formula is C21H19N5. The topological polar surface area (TPSA) is 87.6 Å². The largest absolute Gasteiger partial charge is 0.368 e. The van der Waals surface area contributed by atoms with Crippen LogP contribution in [0, 0.1) is 11.3 Å². The monoisotopic (exact) mass is 341 g/mol. The highest BCUT2D eigenvalue weighted by atomic mass is 15.1. The van der Waals surface area contributed by atoms with Crippen molar-refractivity contribution in [3.8, 4) is 17.3 Å². The van der Waals surface area contributed by atoms with E-state index in [4.69, 9.17) is 5.73 Å². The number of benzene rings is 2. The number of nitrogens with one attached hydrogen (secondary N) is 1. The van der Waals surface area contributed by atoms with Crippen LogP contribution < -0.4 is 11.1 Å². The van der Waals surface area contributed by atoms with Crippen LogP contribution in [0.1, 0.15) is 35.6 Å². The molecule has 3 aromatic rings. The fraction of sp³-hybridized carbons (Fsp3) is 0.190. The maximum atomic E-state index is 9.77. The van der Waals surface area contributed by atoms with Gasteiger partial charge in [-0.25, -0.2) is 4.98 Å². The summed E-state index contributed by atoms with van der Waals surface area (Å²) >= 11 is 0. The highest BCUT2D eigenvalue weighted by Gasteiger charge is 2.23. The summed E-state index contributed by atoms with van der Waals surface area (Å²) in [6.45, 7) is 0. The Bertz CT molecular complexity index is 975. The third kappa shape index (κ3) is 2.98. The molecule has 1 aliphatic carbocycles. The summed E-state index contributed by atoms with van der Waals surface area (Å²) in [6.07, 6.45) is 3.18. The van der Waals surface area contributed by atoms with Crippen LogP contribution in [0.3, 0.4) is 0 Å². The number of nitriles is 1. The summed E-state index contributed by atoms with van der Waals surface area (Å²) in [5.74, 6) is 0.662. The van der Waals surface area contributed by atoms with Crippen LogP contribution in [0.4, 0.5) is 11.8 Å². The van der Waals surface area contributed by atoms with Crippen molar-refractivity contribution < 1.29 is 0 Å². The Morgan fingerprint density at radius 2 is 1.81 bits per heavy atom. The summed E-state index contributed by atoms with van der Waals surface area (Å²) in [5.41, 5.74) is 10.4. The van der Waals surface area contributed by atoms with Crippen molar-refractivity contribution in [2.75, 3.05) is 11.1 Å². The van der Waals surface area contributed by atoms with Gasteiger partial charge in [0.15, 0.2) is 5.82 Å². The Morgan fingerprint density at radius 3 is 2.62 bits per heavy atom. The Morgan fingerprint density at radius 1 is 1.04 bits per heavy atom. The van der Waals surface area contributed by atoms with Crippen molar-refractivity contribution in [3.63, 3.8) is 0 Å². The quantitative estimate of drug-likeness (QED) is 0.749. The maximum Gasteiger partial charge on any atom is 0.222 e. The normalized spacial score (nSPS) is 15.7. The third-order valence-corrected chi connectivity index (χ3v) is 4.77. The number of nitrogens with zero attached hydrogens (tertiary/aromatic N) is 3. The van der Waals surface area contributed by atoms with Gasteiger partial charge in [0.1, 0.15) is 11.6 Å². The zero-order valence-electron chi connectivity index (χ0n) is 14.3. The number of aryl methyl sites for hydroxylation is 1. The summed E-state index contributed by atoms with van der Waals surface area (Å²) in [7, 11) is 0. The summed E-state index contributed by atoms with van der Waals surface area (Å²) in [5, 5.41) is 13.2. The van der Waals surface area contributed by atoms with Crippen molar-refractivity contribution in [2.24, 2.45) is 0 Å². The van der Waals surface area contributed by atoms with Gasteiger partial charge in [0.2, 0.25) is 5.95 Å². The molecule has 26 heavy (non-hydrogen) atoms. The second-order valence-corrected chi connectivity index (χ2v) is 6.42. The van der Waals surface area contributed by atoms with Crippen LogP contribution in [-0.4, -0.2) is 9.97 Å². The number of anilines is 2. The van der Waals surface area contributed by atoms with Gasteiger partial charge in [0.25, 0.3) is 0 Å². The molecule has 2 aromatic carbocycles. The van der Waals surface area contributed by atoms with E-state index >= 15 is 0 Å². The predicted octanol–water partition coefficient (Wildman–Crippen LogP) is 4.09. The van der Waals surface area contributed by atoms with Crippen molar-refractivity contribution in [3.05, 3.63) is 71.3 Å². The lowest BCUT2D eigenvalue weighted by molar-refractivity contribution is 0.598. The van der Waals surface area contributed by atoms with Crippen molar-refractivity contribution in [2.45, 2.75) is 25.3 Å². The molecule has 1 heterocycles. The standard InChI is InChI=1S/C21H19N5/c22-13-17-19(15-8-2-1-3-9-15)25-21(23)26-20(17)24-18-12-6-10-14-7-4-5-11-16(14)18/h1-5,7-9,11,18H,6,10,12H2,(H3,23,24,25,26)/t18-/m1/s1. The van der Waals surface area contributed by atoms with Gasteiger partial charge in [0, 0.05) is 5.56 Å². The van der Waals surface area contributed by atoms with Crippen LogP contribution in [0.2, 0.25) is 0 Å². The fourth-order valence-electron chi connectivity index (χ4n) is 3.56. The van der Waals surface area contributed by atoms with Crippen LogP contribution in [0.5, 0.6) is 0 Å². The Kier molecular flexibility index (Phi) is 4.24. The maximum absolute atomic E-state index is 9.77. The van der Waals surface area contributed by atoms with E-state index in [1.807, 2.05) is 36.4 Å². The van der Waals surface area contributed by atoms with Crippen LogP contribution in [0.15, 0.2) is 54.6 Å². The lowest BCUT2D eigenvalue weighted by Crippen LogP contribution is -2.19. The lowest BCUT2D eigenvalue weighted by atomic mass is 9.87. The second kappa shape index (κ2) is 6.85. The average molecular weight is 341 g/mol. The van der Waals surface area contributed by atoms with Crippen LogP contribution >= 0.6 is 0 Å². The van der Waals surface area contributed by atoms with E-state index in [9.17, 15) is 5.26 Å². The van der Waals surface area contributed by atoms with Gasteiger partial charge in [-0.1, -0.05) is 54.6 Å². The number of aromatic nitrogens is 2. The van der Waals surface area contributed by atoms with Crippen LogP contribution in [0.25, 0.3) is 11.3 Å². The molecule has 4 rings (SSSR count). The summed E-state index contributed by atoms with van der Waals surface area (Å²) in [6, 6.07) is 20.4. The van der Waals surface area contributed by atoms with E-state index in [2.05, 4.69) is 39.6 Å². The minimum Gasteiger partial charge on any atom is -0.368 e. The lowest BCUT2D eigenvalue weighted by Gasteiger charge is -2.27. The molecule has 1 aliphatic rings. The van der Waals surface area contributed by atoms with Gasteiger partial charge in [-0.2, -0.15) is 10.2 Å². The number of fused-ring (bicyclic) bond motifs is 1. The molecule has 128 valence electrons. The van der Waals surface area contributed by atoms with E-state index in [0.717, 1.165) is 24.8 Å². The molecule has 0 spiro atoms. The molecule has 0 saturated heterocycles. The molecular weight excluding hydrogens is 322 g/mol. The number of nitrogens with two attached hydrogens (primary N) is 1. The molecule has 0 bridgehead atoms. The molecule has 1 aromatic heterocycles. The van der Waals surface area contributed by atoms with Crippen molar-refractivity contribution in [1.29, 1.82) is 5.26 Å². The van der Waals surface area contributed by atoms with E-state index in [1.54, 1.807) is 0 Å². The van der Waals surface area contributed by atoms with Gasteiger partial charge in [-0.15, -0.1) is 0 Å². The molecule has 0 fully saturated rings. The number of hydrogen-bond acceptors (Lipinski definition) is 5. The van der Waals surface area contributed by atoms with E-state index in [1.165, 1.54) is 11.1 Å². The first-order chi connectivity index (χ1) is 12.8. The van der Waals surface area contributed by atoms with Crippen molar-refractivity contribution >= 4 is 11.8 Å². The zero-order chi connectivity index (χ0) is 17.9. The van der Waals surface area contributed by atoms with E-state index in [-0.39, 0.29) is 12.0 Å². The van der Waals surface area contributed by atoms with Crippen LogP contribution in [-0.2, 0) is 6.42 Å².